The van der Waals surface area contributed by atoms with Crippen LogP contribution in [0.1, 0.15) is 24.5 Å². The number of benzene rings is 1. The molecular weight excluding hydrogens is 413 g/mol. The number of halogens is 1. The Hall–Kier alpha value is -3.40. The molecule has 1 aliphatic carbocycles. The molecule has 10 heteroatoms. The highest BCUT2D eigenvalue weighted by molar-refractivity contribution is 5.58. The highest BCUT2D eigenvalue weighted by atomic mass is 19.1. The van der Waals surface area contributed by atoms with E-state index >= 15 is 0 Å². The Kier molecular flexibility index (Phi) is 5.52. The summed E-state index contributed by atoms with van der Waals surface area (Å²) < 4.78 is 25.2. The molecule has 1 saturated carbocycles. The lowest BCUT2D eigenvalue weighted by molar-refractivity contribution is 0.311. The van der Waals surface area contributed by atoms with Crippen LogP contribution in [0.4, 0.5) is 21.8 Å². The lowest BCUT2D eigenvalue weighted by Crippen LogP contribution is -2.44. The number of aromatic amines is 1. The molecule has 2 aliphatic rings. The topological polar surface area (TPSA) is 91.4 Å². The van der Waals surface area contributed by atoms with Crippen LogP contribution in [0.2, 0.25) is 0 Å². The zero-order valence-electron chi connectivity index (χ0n) is 18.1. The molecule has 1 aliphatic heterocycles. The second kappa shape index (κ2) is 8.62. The summed E-state index contributed by atoms with van der Waals surface area (Å²) in [5.74, 6) is 2.40. The van der Waals surface area contributed by atoms with Gasteiger partial charge in [-0.25, -0.2) is 4.39 Å². The molecule has 1 saturated heterocycles. The lowest BCUT2D eigenvalue weighted by Gasteiger charge is -2.33. The van der Waals surface area contributed by atoms with Gasteiger partial charge >= 0.3 is 6.01 Å². The lowest BCUT2D eigenvalue weighted by atomic mass is 10.3. The largest absolute Gasteiger partial charge is 0.497 e. The van der Waals surface area contributed by atoms with E-state index in [1.807, 2.05) is 12.1 Å². The minimum atomic E-state index is -0.547. The highest BCUT2D eigenvalue weighted by Gasteiger charge is 2.26. The maximum absolute atomic E-state index is 14.4. The predicted molar refractivity (Wildman–Crippen MR) is 119 cm³/mol. The summed E-state index contributed by atoms with van der Waals surface area (Å²) in [6.45, 7) is 3.52. The van der Waals surface area contributed by atoms with Gasteiger partial charge in [0.25, 0.3) is 0 Å². The average Bonchev–Trinajstić information content (AvgIpc) is 3.54. The molecule has 9 nitrogen and oxygen atoms in total. The molecule has 0 amide bonds. The number of likely N-dealkylation sites (N-methyl/N-ethyl adjacent to an activating group) is 1. The molecule has 0 unspecified atom stereocenters. The molecule has 3 aromatic rings. The van der Waals surface area contributed by atoms with E-state index in [-0.39, 0.29) is 11.8 Å². The van der Waals surface area contributed by atoms with Crippen molar-refractivity contribution in [1.82, 2.24) is 25.1 Å². The van der Waals surface area contributed by atoms with E-state index in [4.69, 9.17) is 9.47 Å². The summed E-state index contributed by atoms with van der Waals surface area (Å²) in [7, 11) is 3.58. The molecule has 168 valence electrons. The standard InChI is InChI=1S/C22H26FN7O2/c1-29-7-9-30(10-8-29)21-13-19(24-20-12-17(27-28-20)14-3-4-14)25-22(26-21)32-18-6-5-15(31-2)11-16(18)23/h5-6,11-14H,3-4,7-10H2,1-2H3,(H2,24,25,26,27,28). The van der Waals surface area contributed by atoms with Crippen molar-refractivity contribution in [3.05, 3.63) is 41.8 Å². The van der Waals surface area contributed by atoms with Crippen LogP contribution in [0.15, 0.2) is 30.3 Å². The molecule has 2 N–H and O–H groups in total. The summed E-state index contributed by atoms with van der Waals surface area (Å²) in [6, 6.07) is 8.33. The third-order valence-corrected chi connectivity index (χ3v) is 5.73. The van der Waals surface area contributed by atoms with Gasteiger partial charge in [0, 0.05) is 56.0 Å². The Balaban J connectivity index is 1.42. The van der Waals surface area contributed by atoms with Crippen LogP contribution >= 0.6 is 0 Å². The minimum absolute atomic E-state index is 0.0306. The zero-order valence-corrected chi connectivity index (χ0v) is 18.1. The number of piperazine rings is 1. The van der Waals surface area contributed by atoms with Crippen molar-refractivity contribution in [2.75, 3.05) is 50.6 Å². The summed E-state index contributed by atoms with van der Waals surface area (Å²) >= 11 is 0. The van der Waals surface area contributed by atoms with Crippen molar-refractivity contribution in [3.8, 4) is 17.5 Å². The van der Waals surface area contributed by atoms with Crippen LogP contribution in [0.3, 0.4) is 0 Å². The average molecular weight is 439 g/mol. The van der Waals surface area contributed by atoms with Crippen molar-refractivity contribution < 1.29 is 13.9 Å². The number of hydrogen-bond donors (Lipinski definition) is 2. The van der Waals surface area contributed by atoms with Gasteiger partial charge in [-0.2, -0.15) is 15.1 Å². The molecule has 0 atom stereocenters. The van der Waals surface area contributed by atoms with Crippen LogP contribution in [-0.2, 0) is 0 Å². The first kappa shape index (κ1) is 20.5. The van der Waals surface area contributed by atoms with E-state index in [9.17, 15) is 4.39 Å². The first-order valence-corrected chi connectivity index (χ1v) is 10.7. The third-order valence-electron chi connectivity index (χ3n) is 5.73. The van der Waals surface area contributed by atoms with Crippen molar-refractivity contribution in [2.45, 2.75) is 18.8 Å². The fraction of sp³-hybridized carbons (Fsp3) is 0.409. The number of ether oxygens (including phenoxy) is 2. The molecule has 0 bridgehead atoms. The SMILES string of the molecule is COc1ccc(Oc2nc(Nc3cc(C4CC4)[nH]n3)cc(N3CCN(C)CC3)n2)c(F)c1. The van der Waals surface area contributed by atoms with Crippen LogP contribution < -0.4 is 19.7 Å². The first-order valence-electron chi connectivity index (χ1n) is 10.7. The van der Waals surface area contributed by atoms with Gasteiger partial charge < -0.3 is 24.6 Å². The van der Waals surface area contributed by atoms with E-state index in [2.05, 4.69) is 42.3 Å². The number of aromatic nitrogens is 4. The molecule has 3 heterocycles. The van der Waals surface area contributed by atoms with Gasteiger partial charge in [-0.3, -0.25) is 5.10 Å². The zero-order chi connectivity index (χ0) is 22.1. The van der Waals surface area contributed by atoms with Crippen molar-refractivity contribution in [2.24, 2.45) is 0 Å². The second-order valence-corrected chi connectivity index (χ2v) is 8.19. The molecule has 32 heavy (non-hydrogen) atoms. The van der Waals surface area contributed by atoms with E-state index < -0.39 is 5.82 Å². The summed E-state index contributed by atoms with van der Waals surface area (Å²) in [6.07, 6.45) is 2.38. The number of methoxy groups -OCH3 is 1. The monoisotopic (exact) mass is 439 g/mol. The molecule has 2 fully saturated rings. The van der Waals surface area contributed by atoms with E-state index in [0.29, 0.717) is 23.3 Å². The van der Waals surface area contributed by atoms with Gasteiger partial charge in [0.15, 0.2) is 17.4 Å². The maximum atomic E-state index is 14.4. The fourth-order valence-corrected chi connectivity index (χ4v) is 3.65. The second-order valence-electron chi connectivity index (χ2n) is 8.19. The number of anilines is 3. The molecule has 5 rings (SSSR count). The van der Waals surface area contributed by atoms with E-state index in [1.165, 1.54) is 32.1 Å². The smallest absolute Gasteiger partial charge is 0.326 e. The van der Waals surface area contributed by atoms with E-state index in [1.54, 1.807) is 6.07 Å². The Morgan fingerprint density at radius 2 is 1.88 bits per heavy atom. The number of nitrogens with zero attached hydrogens (tertiary/aromatic N) is 5. The Labute approximate surface area is 185 Å². The van der Waals surface area contributed by atoms with Crippen molar-refractivity contribution in [3.63, 3.8) is 0 Å². The van der Waals surface area contributed by atoms with Crippen LogP contribution in [0.5, 0.6) is 17.5 Å². The Bertz CT molecular complexity index is 1090. The summed E-state index contributed by atoms with van der Waals surface area (Å²) in [5.41, 5.74) is 1.12. The number of rotatable bonds is 7. The Morgan fingerprint density at radius 3 is 2.59 bits per heavy atom. The van der Waals surface area contributed by atoms with Crippen molar-refractivity contribution >= 4 is 17.5 Å². The van der Waals surface area contributed by atoms with Crippen LogP contribution in [0, 0.1) is 5.82 Å². The molecular formula is C22H26FN7O2. The quantitative estimate of drug-likeness (QED) is 0.578. The van der Waals surface area contributed by atoms with E-state index in [0.717, 1.165) is 37.7 Å². The summed E-state index contributed by atoms with van der Waals surface area (Å²) in [4.78, 5) is 13.4. The molecule has 1 aromatic carbocycles. The minimum Gasteiger partial charge on any atom is -0.497 e. The number of H-pyrrole nitrogens is 1. The van der Waals surface area contributed by atoms with Gasteiger partial charge in [0.2, 0.25) is 0 Å². The molecule has 2 aromatic heterocycles. The molecule has 0 spiro atoms. The van der Waals surface area contributed by atoms with Crippen LogP contribution in [-0.4, -0.2) is 65.4 Å². The summed E-state index contributed by atoms with van der Waals surface area (Å²) in [5, 5.41) is 10.6. The third kappa shape index (κ3) is 4.59. The van der Waals surface area contributed by atoms with Gasteiger partial charge in [-0.15, -0.1) is 0 Å². The Morgan fingerprint density at radius 1 is 1.06 bits per heavy atom. The number of nitrogens with one attached hydrogen (secondary N) is 2. The molecule has 0 radical (unpaired) electrons. The van der Waals surface area contributed by atoms with Gasteiger partial charge in [0.1, 0.15) is 17.4 Å². The van der Waals surface area contributed by atoms with Gasteiger partial charge in [-0.1, -0.05) is 0 Å². The fourth-order valence-electron chi connectivity index (χ4n) is 3.65. The van der Waals surface area contributed by atoms with Crippen molar-refractivity contribution in [1.29, 1.82) is 0 Å². The highest BCUT2D eigenvalue weighted by Crippen LogP contribution is 2.39. The first-order chi connectivity index (χ1) is 15.6. The number of hydrogen-bond acceptors (Lipinski definition) is 8. The van der Waals surface area contributed by atoms with Crippen LogP contribution in [0.25, 0.3) is 0 Å². The maximum Gasteiger partial charge on any atom is 0.326 e. The van der Waals surface area contributed by atoms with Gasteiger partial charge in [0.05, 0.1) is 7.11 Å². The normalized spacial score (nSPS) is 16.8. The predicted octanol–water partition coefficient (Wildman–Crippen LogP) is 3.51. The van der Waals surface area contributed by atoms with Gasteiger partial charge in [-0.05, 0) is 32.0 Å².